The maximum atomic E-state index is 13.1. The molecule has 0 atom stereocenters. The molecule has 1 amide bonds. The second-order valence-corrected chi connectivity index (χ2v) is 10.7. The van der Waals surface area contributed by atoms with Gasteiger partial charge in [-0.1, -0.05) is 36.4 Å². The van der Waals surface area contributed by atoms with Crippen LogP contribution in [0, 0.1) is 20.8 Å². The van der Waals surface area contributed by atoms with Crippen molar-refractivity contribution < 1.29 is 13.2 Å². The first-order valence-electron chi connectivity index (χ1n) is 10.6. The predicted octanol–water partition coefficient (Wildman–Crippen LogP) is 5.61. The van der Waals surface area contributed by atoms with Gasteiger partial charge in [0.2, 0.25) is 10.0 Å². The van der Waals surface area contributed by atoms with Gasteiger partial charge in [-0.05, 0) is 87.2 Å². The van der Waals surface area contributed by atoms with Gasteiger partial charge >= 0.3 is 0 Å². The number of hydrogen-bond donors (Lipinski definition) is 1. The minimum atomic E-state index is -3.53. The average Bonchev–Trinajstić information content (AvgIpc) is 2.75. The summed E-state index contributed by atoms with van der Waals surface area (Å²) < 4.78 is 27.7. The van der Waals surface area contributed by atoms with Gasteiger partial charge < -0.3 is 5.32 Å². The maximum Gasteiger partial charge on any atom is 0.255 e. The molecule has 0 radical (unpaired) electrons. The van der Waals surface area contributed by atoms with Crippen LogP contribution in [0.25, 0.3) is 0 Å². The van der Waals surface area contributed by atoms with Crippen molar-refractivity contribution in [2.45, 2.75) is 46.4 Å². The van der Waals surface area contributed by atoms with Crippen LogP contribution in [0.5, 0.6) is 0 Å². The average molecular weight is 451 g/mol. The molecule has 0 unspecified atom stereocenters. The maximum absolute atomic E-state index is 13.1. The fourth-order valence-corrected chi connectivity index (χ4v) is 4.59. The van der Waals surface area contributed by atoms with Crippen molar-refractivity contribution in [1.82, 2.24) is 0 Å². The minimum Gasteiger partial charge on any atom is -0.322 e. The summed E-state index contributed by atoms with van der Waals surface area (Å²) in [5.74, 6) is -0.171. The Morgan fingerprint density at radius 1 is 0.875 bits per heavy atom. The zero-order valence-electron chi connectivity index (χ0n) is 19.2. The number of amides is 1. The van der Waals surface area contributed by atoms with Gasteiger partial charge in [-0.2, -0.15) is 0 Å². The molecule has 6 heteroatoms. The number of hydrogen-bond acceptors (Lipinski definition) is 3. The Morgan fingerprint density at radius 3 is 2.12 bits per heavy atom. The number of rotatable bonds is 7. The summed E-state index contributed by atoms with van der Waals surface area (Å²) in [6, 6.07) is 20.4. The molecule has 0 heterocycles. The zero-order chi connectivity index (χ0) is 23.5. The Hall–Kier alpha value is -3.12. The van der Waals surface area contributed by atoms with Crippen LogP contribution in [0.2, 0.25) is 0 Å². The first kappa shape index (κ1) is 23.5. The van der Waals surface area contributed by atoms with E-state index in [9.17, 15) is 13.2 Å². The summed E-state index contributed by atoms with van der Waals surface area (Å²) in [6.07, 6.45) is 0. The fraction of sp³-hybridized carbons (Fsp3) is 0.269. The molecule has 0 aliphatic heterocycles. The van der Waals surface area contributed by atoms with Crippen molar-refractivity contribution in [2.75, 3.05) is 9.62 Å². The highest BCUT2D eigenvalue weighted by molar-refractivity contribution is 7.93. The van der Waals surface area contributed by atoms with E-state index >= 15 is 0 Å². The summed E-state index contributed by atoms with van der Waals surface area (Å²) >= 11 is 0. The minimum absolute atomic E-state index is 0.171. The summed E-state index contributed by atoms with van der Waals surface area (Å²) in [6.45, 7) is 9.47. The largest absolute Gasteiger partial charge is 0.322 e. The van der Waals surface area contributed by atoms with Crippen LogP contribution in [-0.2, 0) is 16.6 Å². The molecule has 1 N–H and O–H groups in total. The van der Waals surface area contributed by atoms with Crippen molar-refractivity contribution in [3.8, 4) is 0 Å². The molecule has 3 rings (SSSR count). The highest BCUT2D eigenvalue weighted by Gasteiger charge is 2.26. The quantitative estimate of drug-likeness (QED) is 0.509. The van der Waals surface area contributed by atoms with Crippen molar-refractivity contribution >= 4 is 27.3 Å². The third-order valence-corrected chi connectivity index (χ3v) is 7.75. The van der Waals surface area contributed by atoms with Gasteiger partial charge in [0.25, 0.3) is 5.91 Å². The van der Waals surface area contributed by atoms with Gasteiger partial charge in [0.15, 0.2) is 0 Å². The Kier molecular flexibility index (Phi) is 7.04. The molecule has 0 bridgehead atoms. The monoisotopic (exact) mass is 450 g/mol. The van der Waals surface area contributed by atoms with Crippen LogP contribution < -0.4 is 9.62 Å². The SMILES string of the molecule is Cc1ccc(N(Cc2ccc(NC(=O)c3ccccc3C)cc2)S(=O)(=O)C(C)C)cc1C. The van der Waals surface area contributed by atoms with Gasteiger partial charge in [0.1, 0.15) is 0 Å². The zero-order valence-corrected chi connectivity index (χ0v) is 20.0. The van der Waals surface area contributed by atoms with E-state index in [0.717, 1.165) is 22.3 Å². The number of carbonyl (C=O) groups is 1. The third kappa shape index (κ3) is 5.19. The topological polar surface area (TPSA) is 66.5 Å². The van der Waals surface area contributed by atoms with Crippen LogP contribution in [0.4, 0.5) is 11.4 Å². The summed E-state index contributed by atoms with van der Waals surface area (Å²) in [7, 11) is -3.53. The number of anilines is 2. The number of benzene rings is 3. The van der Waals surface area contributed by atoms with Gasteiger partial charge in [0, 0.05) is 11.3 Å². The standard InChI is InChI=1S/C26H30N2O3S/c1-18(2)32(30,31)28(24-15-10-19(3)21(5)16-24)17-22-11-13-23(14-12-22)27-26(29)25-9-7-6-8-20(25)4/h6-16,18H,17H2,1-5H3,(H,27,29). The third-order valence-electron chi connectivity index (χ3n) is 5.61. The summed E-state index contributed by atoms with van der Waals surface area (Å²) in [5.41, 5.74) is 5.83. The highest BCUT2D eigenvalue weighted by Crippen LogP contribution is 2.26. The number of carbonyl (C=O) groups excluding carboxylic acids is 1. The molecule has 0 fully saturated rings. The molecule has 3 aromatic rings. The van der Waals surface area contributed by atoms with Crippen LogP contribution in [0.15, 0.2) is 66.7 Å². The molecule has 3 aromatic carbocycles. The fourth-order valence-electron chi connectivity index (χ4n) is 3.35. The van der Waals surface area contributed by atoms with Crippen LogP contribution in [0.3, 0.4) is 0 Å². The molecular weight excluding hydrogens is 420 g/mol. The predicted molar refractivity (Wildman–Crippen MR) is 132 cm³/mol. The Bertz CT molecular complexity index is 1220. The molecule has 32 heavy (non-hydrogen) atoms. The molecule has 0 saturated heterocycles. The normalized spacial score (nSPS) is 11.4. The first-order valence-corrected chi connectivity index (χ1v) is 12.1. The van der Waals surface area contributed by atoms with E-state index in [1.165, 1.54) is 4.31 Å². The molecule has 0 aliphatic carbocycles. The number of nitrogens with zero attached hydrogens (tertiary/aromatic N) is 1. The summed E-state index contributed by atoms with van der Waals surface area (Å²) in [5, 5.41) is 2.36. The van der Waals surface area contributed by atoms with Crippen LogP contribution in [-0.4, -0.2) is 19.6 Å². The first-order chi connectivity index (χ1) is 15.1. The van der Waals surface area contributed by atoms with E-state index in [2.05, 4.69) is 5.32 Å². The van der Waals surface area contributed by atoms with Crippen LogP contribution >= 0.6 is 0 Å². The second kappa shape index (κ2) is 9.57. The second-order valence-electron chi connectivity index (χ2n) is 8.33. The molecular formula is C26H30N2O3S. The smallest absolute Gasteiger partial charge is 0.255 e. The van der Waals surface area contributed by atoms with Crippen molar-refractivity contribution in [1.29, 1.82) is 0 Å². The van der Waals surface area contributed by atoms with Crippen molar-refractivity contribution in [3.05, 3.63) is 94.5 Å². The molecule has 0 aromatic heterocycles. The highest BCUT2D eigenvalue weighted by atomic mass is 32.2. The van der Waals surface area contributed by atoms with E-state index in [0.29, 0.717) is 16.9 Å². The van der Waals surface area contributed by atoms with Gasteiger partial charge in [-0.25, -0.2) is 8.42 Å². The molecule has 0 saturated carbocycles. The lowest BCUT2D eigenvalue weighted by atomic mass is 10.1. The van der Waals surface area contributed by atoms with E-state index in [4.69, 9.17) is 0 Å². The van der Waals surface area contributed by atoms with E-state index < -0.39 is 15.3 Å². The van der Waals surface area contributed by atoms with Crippen LogP contribution in [0.1, 0.15) is 46.5 Å². The van der Waals surface area contributed by atoms with E-state index in [1.807, 2.05) is 69.3 Å². The Balaban J connectivity index is 1.83. The number of sulfonamides is 1. The Labute approximate surface area is 191 Å². The number of aryl methyl sites for hydroxylation is 3. The molecule has 168 valence electrons. The summed E-state index contributed by atoms with van der Waals surface area (Å²) in [4.78, 5) is 12.5. The van der Waals surface area contributed by atoms with Crippen molar-refractivity contribution in [2.24, 2.45) is 0 Å². The van der Waals surface area contributed by atoms with E-state index in [-0.39, 0.29) is 12.5 Å². The number of nitrogens with one attached hydrogen (secondary N) is 1. The van der Waals surface area contributed by atoms with Crippen molar-refractivity contribution in [3.63, 3.8) is 0 Å². The lowest BCUT2D eigenvalue weighted by Crippen LogP contribution is -2.36. The van der Waals surface area contributed by atoms with Gasteiger partial charge in [-0.15, -0.1) is 0 Å². The molecule has 5 nitrogen and oxygen atoms in total. The lowest BCUT2D eigenvalue weighted by Gasteiger charge is -2.27. The van der Waals surface area contributed by atoms with Gasteiger partial charge in [0.05, 0.1) is 17.5 Å². The lowest BCUT2D eigenvalue weighted by molar-refractivity contribution is 0.102. The molecule has 0 aliphatic rings. The Morgan fingerprint density at radius 2 is 1.53 bits per heavy atom. The van der Waals surface area contributed by atoms with E-state index in [1.54, 1.807) is 32.0 Å². The van der Waals surface area contributed by atoms with Gasteiger partial charge in [-0.3, -0.25) is 9.10 Å². The molecule has 0 spiro atoms.